The van der Waals surface area contributed by atoms with Gasteiger partial charge in [-0.05, 0) is 74.5 Å². The minimum Gasteiger partial charge on any atom is -0.394 e. The molecule has 0 spiro atoms. The van der Waals surface area contributed by atoms with E-state index in [1.807, 2.05) is 13.8 Å². The summed E-state index contributed by atoms with van der Waals surface area (Å²) in [6.45, 7) is 8.75. The molecular formula is C45H72O19. The Kier molecular flexibility index (Phi) is 14.2. The number of ketones is 1. The van der Waals surface area contributed by atoms with Gasteiger partial charge in [0.1, 0.15) is 72.9 Å². The van der Waals surface area contributed by atoms with Gasteiger partial charge in [-0.1, -0.05) is 39.3 Å². The summed E-state index contributed by atoms with van der Waals surface area (Å²) in [7, 11) is 0. The second kappa shape index (κ2) is 18.5. The van der Waals surface area contributed by atoms with Gasteiger partial charge in [0.25, 0.3) is 0 Å². The summed E-state index contributed by atoms with van der Waals surface area (Å²) in [4.78, 5) is 14.6. The van der Waals surface area contributed by atoms with Crippen molar-refractivity contribution in [1.29, 1.82) is 0 Å². The van der Waals surface area contributed by atoms with Crippen LogP contribution < -0.4 is 0 Å². The van der Waals surface area contributed by atoms with Gasteiger partial charge in [0.15, 0.2) is 24.7 Å². The average molecular weight is 917 g/mol. The normalized spacial score (nSPS) is 54.4. The van der Waals surface area contributed by atoms with E-state index in [0.29, 0.717) is 38.5 Å². The number of ether oxygens (including phenoxy) is 7. The van der Waals surface area contributed by atoms with Crippen LogP contribution >= 0.6 is 0 Å². The highest BCUT2D eigenvalue weighted by molar-refractivity contribution is 5.87. The van der Waals surface area contributed by atoms with Crippen LogP contribution in [0.15, 0.2) is 11.6 Å². The second-order valence-electron chi connectivity index (χ2n) is 20.9. The highest BCUT2D eigenvalue weighted by Crippen LogP contribution is 2.69. The zero-order chi connectivity index (χ0) is 46.4. The van der Waals surface area contributed by atoms with E-state index in [1.54, 1.807) is 6.92 Å². The van der Waals surface area contributed by atoms with E-state index in [4.69, 9.17) is 33.2 Å². The number of aliphatic hydroxyl groups excluding tert-OH is 10. The van der Waals surface area contributed by atoms with Gasteiger partial charge in [-0.15, -0.1) is 0 Å². The minimum absolute atomic E-state index is 0.0714. The fourth-order valence-corrected chi connectivity index (χ4v) is 13.2. The summed E-state index contributed by atoms with van der Waals surface area (Å²) >= 11 is 0. The Balaban J connectivity index is 0.861. The predicted octanol–water partition coefficient (Wildman–Crippen LogP) is -1.65. The molecule has 4 heterocycles. The lowest BCUT2D eigenvalue weighted by Crippen LogP contribution is -2.64. The van der Waals surface area contributed by atoms with E-state index < -0.39 is 117 Å². The quantitative estimate of drug-likeness (QED) is 0.0978. The largest absolute Gasteiger partial charge is 0.394 e. The van der Waals surface area contributed by atoms with E-state index in [1.165, 1.54) is 5.57 Å². The zero-order valence-electron chi connectivity index (χ0n) is 37.3. The van der Waals surface area contributed by atoms with Crippen LogP contribution in [0.3, 0.4) is 0 Å². The summed E-state index contributed by atoms with van der Waals surface area (Å²) in [5.74, 6) is -1.44. The number of carbonyl (C=O) groups is 1. The molecule has 64 heavy (non-hydrogen) atoms. The molecule has 8 rings (SSSR count). The van der Waals surface area contributed by atoms with E-state index in [9.17, 15) is 61.0 Å². The first kappa shape index (κ1) is 49.1. The molecule has 4 aliphatic carbocycles. The third kappa shape index (κ3) is 8.27. The lowest BCUT2D eigenvalue weighted by molar-refractivity contribution is -0.359. The first-order chi connectivity index (χ1) is 30.2. The fraction of sp³-hybridized carbons (Fsp3) is 0.933. The van der Waals surface area contributed by atoms with Crippen molar-refractivity contribution in [2.45, 2.75) is 196 Å². The van der Waals surface area contributed by atoms with Crippen LogP contribution in [0.2, 0.25) is 0 Å². The van der Waals surface area contributed by atoms with Gasteiger partial charge in [0.05, 0.1) is 38.1 Å². The predicted molar refractivity (Wildman–Crippen MR) is 218 cm³/mol. The zero-order valence-corrected chi connectivity index (χ0v) is 37.3. The molecule has 19 heteroatoms. The van der Waals surface area contributed by atoms with E-state index in [-0.39, 0.29) is 65.5 Å². The van der Waals surface area contributed by atoms with Crippen molar-refractivity contribution >= 4 is 5.78 Å². The Morgan fingerprint density at radius 3 is 2.05 bits per heavy atom. The fourth-order valence-electron chi connectivity index (χ4n) is 13.2. The summed E-state index contributed by atoms with van der Waals surface area (Å²) in [5.41, 5.74) is 0.263. The summed E-state index contributed by atoms with van der Waals surface area (Å²) < 4.78 is 41.4. The standard InChI is InChI=1S/C45H72O19/c1-18(17-58-40-36(54)33(51)31(49)27(15-46)61-40)8-11-45(57)19(2)30-26(64-45)13-25-23-7-6-21-12-22(9-10-43(21,4)24(23)14-29(48)44(25,30)5)60-41-38(56)35(53)39(20(3)59-41)63-42-37(55)34(52)32(50)28(16-47)62-42/h6,18-20,22-28,30-42,46-47,49-57H,7-17H2,1-5H3/t18-,19+,20-,22+,23-,24-,25-,26+,27-,28-,30+,31-,32-,33+,34+,35-,36-,37-,38-,39+,40-,41+,42+,43+,44-,45+/m1/s1. The average Bonchev–Trinajstić information content (AvgIpc) is 3.71. The minimum atomic E-state index is -1.70. The molecular weight excluding hydrogens is 844 g/mol. The van der Waals surface area contributed by atoms with Crippen LogP contribution in [-0.2, 0) is 38.0 Å². The molecule has 0 amide bonds. The molecule has 8 aliphatic rings. The van der Waals surface area contributed by atoms with Gasteiger partial charge in [-0.25, -0.2) is 0 Å². The van der Waals surface area contributed by atoms with Crippen LogP contribution in [-0.4, -0.2) is 192 Å². The number of allylic oxidation sites excluding steroid dienone is 1. The lowest BCUT2D eigenvalue weighted by atomic mass is 9.46. The molecule has 0 radical (unpaired) electrons. The Bertz CT molecular complexity index is 1680. The van der Waals surface area contributed by atoms with Gasteiger partial charge in [-0.2, -0.15) is 0 Å². The maximum Gasteiger partial charge on any atom is 0.187 e. The van der Waals surface area contributed by atoms with E-state index in [0.717, 1.165) is 12.8 Å². The van der Waals surface area contributed by atoms with Crippen LogP contribution in [0.25, 0.3) is 0 Å². The smallest absolute Gasteiger partial charge is 0.187 e. The first-order valence-corrected chi connectivity index (χ1v) is 23.4. The Hall–Kier alpha value is -1.31. The van der Waals surface area contributed by atoms with Gasteiger partial charge in [-0.3, -0.25) is 4.79 Å². The molecule has 0 aromatic carbocycles. The molecule has 26 atom stereocenters. The number of fused-ring (bicyclic) bond motifs is 7. The van der Waals surface area contributed by atoms with Crippen molar-refractivity contribution < 1.29 is 94.1 Å². The number of hydrogen-bond donors (Lipinski definition) is 11. The molecule has 0 unspecified atom stereocenters. The van der Waals surface area contributed by atoms with Crippen molar-refractivity contribution in [3.8, 4) is 0 Å². The molecule has 7 fully saturated rings. The molecule has 4 saturated heterocycles. The van der Waals surface area contributed by atoms with E-state index >= 15 is 0 Å². The van der Waals surface area contributed by atoms with Gasteiger partial charge < -0.3 is 89.3 Å². The van der Waals surface area contributed by atoms with Crippen molar-refractivity contribution in [1.82, 2.24) is 0 Å². The van der Waals surface area contributed by atoms with Crippen LogP contribution in [0.4, 0.5) is 0 Å². The van der Waals surface area contributed by atoms with Crippen LogP contribution in [0.1, 0.15) is 86.0 Å². The van der Waals surface area contributed by atoms with Crippen LogP contribution in [0, 0.1) is 46.3 Å². The number of rotatable bonds is 12. The first-order valence-electron chi connectivity index (χ1n) is 23.4. The molecule has 0 aromatic heterocycles. The summed E-state index contributed by atoms with van der Waals surface area (Å²) in [6, 6.07) is 0. The molecule has 19 nitrogen and oxygen atoms in total. The third-order valence-corrected chi connectivity index (χ3v) is 17.2. The van der Waals surface area contributed by atoms with Gasteiger partial charge in [0, 0.05) is 30.1 Å². The van der Waals surface area contributed by atoms with Crippen molar-refractivity contribution in [2.24, 2.45) is 46.3 Å². The van der Waals surface area contributed by atoms with Crippen LogP contribution in [0.5, 0.6) is 0 Å². The summed E-state index contributed by atoms with van der Waals surface area (Å²) in [6.07, 6.45) is -14.6. The van der Waals surface area contributed by atoms with Crippen molar-refractivity contribution in [3.63, 3.8) is 0 Å². The molecule has 366 valence electrons. The maximum atomic E-state index is 14.6. The number of carbonyl (C=O) groups excluding carboxylic acids is 1. The van der Waals surface area contributed by atoms with Crippen molar-refractivity contribution in [3.05, 3.63) is 11.6 Å². The lowest BCUT2D eigenvalue weighted by Gasteiger charge is -2.57. The molecule has 0 bridgehead atoms. The van der Waals surface area contributed by atoms with E-state index in [2.05, 4.69) is 19.9 Å². The summed E-state index contributed by atoms with van der Waals surface area (Å²) in [5, 5.41) is 115. The Morgan fingerprint density at radius 1 is 0.781 bits per heavy atom. The second-order valence-corrected chi connectivity index (χ2v) is 20.9. The number of hydrogen-bond acceptors (Lipinski definition) is 19. The molecule has 0 aromatic rings. The number of aliphatic hydroxyl groups is 11. The molecule has 11 N–H and O–H groups in total. The molecule has 4 aliphatic heterocycles. The monoisotopic (exact) mass is 916 g/mol. The third-order valence-electron chi connectivity index (χ3n) is 17.2. The Morgan fingerprint density at radius 2 is 1.39 bits per heavy atom. The topological polar surface area (TPSA) is 304 Å². The Labute approximate surface area is 373 Å². The number of Topliss-reactive ketones (excluding diaryl/α,β-unsaturated/α-hetero) is 1. The highest BCUT2D eigenvalue weighted by Gasteiger charge is 2.70. The van der Waals surface area contributed by atoms with Gasteiger partial charge >= 0.3 is 0 Å². The SMILES string of the molecule is C[C@H](CC[C@]1(O)O[C@H]2C[C@@H]3[C@@H]4CC=C5C[C@@H](O[C@@H]6O[C@H](C)[C@H](O[C@@H]7O[C@H](CO)[C@@H](O)[C@H](O)[C@H]7O)[C@H](O)[C@H]6O)CC[C@]5(C)[C@@H]4CC(=O)[C@]3(C)[C@H]2[C@@H]1C)CO[C@@H]1O[C@H](CO)[C@@H](O)[C@H](O)[C@H]1O. The maximum absolute atomic E-state index is 14.6. The van der Waals surface area contributed by atoms with Gasteiger partial charge in [0.2, 0.25) is 0 Å². The molecule has 3 saturated carbocycles. The van der Waals surface area contributed by atoms with Crippen molar-refractivity contribution in [2.75, 3.05) is 19.8 Å². The highest BCUT2D eigenvalue weighted by atomic mass is 16.7.